The smallest absolute Gasteiger partial charge is 0.387 e. The summed E-state index contributed by atoms with van der Waals surface area (Å²) in [6.07, 6.45) is 3.36. The number of anilines is 1. The largest absolute Gasteiger partial charge is 0.493 e. The average Bonchev–Trinajstić information content (AvgIpc) is 2.73. The molecular weight excluding hydrogens is 382 g/mol. The van der Waals surface area contributed by atoms with Gasteiger partial charge in [0.15, 0.2) is 11.5 Å². The number of ether oxygens (including phenoxy) is 3. The molecule has 29 heavy (non-hydrogen) atoms. The Kier molecular flexibility index (Phi) is 6.57. The highest BCUT2D eigenvalue weighted by Gasteiger charge is 2.12. The van der Waals surface area contributed by atoms with E-state index in [9.17, 15) is 13.6 Å². The van der Waals surface area contributed by atoms with Gasteiger partial charge in [0.05, 0.1) is 7.11 Å². The van der Waals surface area contributed by atoms with E-state index in [-0.39, 0.29) is 17.9 Å². The zero-order valence-corrected chi connectivity index (χ0v) is 15.5. The zero-order valence-electron chi connectivity index (χ0n) is 15.5. The first-order chi connectivity index (χ1) is 14.0. The van der Waals surface area contributed by atoms with Crippen molar-refractivity contribution in [2.24, 2.45) is 0 Å². The summed E-state index contributed by atoms with van der Waals surface area (Å²) in [7, 11) is 1.51. The highest BCUT2D eigenvalue weighted by Crippen LogP contribution is 2.31. The SMILES string of the molecule is COc1ccc(NC(=O)c2cccc(OC(F)F)c2)cc1OCc1cccnc1. The number of hydrogen-bond donors (Lipinski definition) is 1. The molecule has 0 unspecified atom stereocenters. The molecule has 1 heterocycles. The van der Waals surface area contributed by atoms with Crippen LogP contribution < -0.4 is 19.5 Å². The molecule has 1 amide bonds. The van der Waals surface area contributed by atoms with E-state index >= 15 is 0 Å². The van der Waals surface area contributed by atoms with Crippen molar-refractivity contribution in [2.75, 3.05) is 12.4 Å². The Balaban J connectivity index is 1.73. The van der Waals surface area contributed by atoms with E-state index in [2.05, 4.69) is 15.0 Å². The van der Waals surface area contributed by atoms with Crippen LogP contribution in [0.4, 0.5) is 14.5 Å². The number of pyridine rings is 1. The Morgan fingerprint density at radius 3 is 2.69 bits per heavy atom. The number of hydrogen-bond acceptors (Lipinski definition) is 5. The molecule has 6 nitrogen and oxygen atoms in total. The molecule has 1 aromatic heterocycles. The first-order valence-electron chi connectivity index (χ1n) is 8.61. The maximum Gasteiger partial charge on any atom is 0.387 e. The third kappa shape index (κ3) is 5.65. The third-order valence-electron chi connectivity index (χ3n) is 3.86. The maximum atomic E-state index is 12.5. The first-order valence-corrected chi connectivity index (χ1v) is 8.61. The van der Waals surface area contributed by atoms with Crippen molar-refractivity contribution in [3.63, 3.8) is 0 Å². The Morgan fingerprint density at radius 1 is 1.10 bits per heavy atom. The monoisotopic (exact) mass is 400 g/mol. The minimum Gasteiger partial charge on any atom is -0.493 e. The van der Waals surface area contributed by atoms with E-state index in [0.717, 1.165) is 5.56 Å². The van der Waals surface area contributed by atoms with Crippen molar-refractivity contribution >= 4 is 11.6 Å². The van der Waals surface area contributed by atoms with Gasteiger partial charge >= 0.3 is 6.61 Å². The molecule has 0 bridgehead atoms. The molecule has 0 spiro atoms. The Hall–Kier alpha value is -3.68. The van der Waals surface area contributed by atoms with E-state index < -0.39 is 12.5 Å². The third-order valence-corrected chi connectivity index (χ3v) is 3.86. The van der Waals surface area contributed by atoms with Gasteiger partial charge in [-0.05, 0) is 36.4 Å². The minimum absolute atomic E-state index is 0.0946. The summed E-state index contributed by atoms with van der Waals surface area (Å²) >= 11 is 0. The summed E-state index contributed by atoms with van der Waals surface area (Å²) in [5, 5.41) is 2.70. The lowest BCUT2D eigenvalue weighted by molar-refractivity contribution is -0.0498. The van der Waals surface area contributed by atoms with Crippen molar-refractivity contribution in [2.45, 2.75) is 13.2 Å². The Morgan fingerprint density at radius 2 is 1.97 bits per heavy atom. The summed E-state index contributed by atoms with van der Waals surface area (Å²) < 4.78 is 40.1. The summed E-state index contributed by atoms with van der Waals surface area (Å²) in [6.45, 7) is -2.69. The number of carbonyl (C=O) groups excluding carboxylic acids is 1. The molecule has 8 heteroatoms. The van der Waals surface area contributed by atoms with Gasteiger partial charge in [-0.3, -0.25) is 9.78 Å². The van der Waals surface area contributed by atoms with Gasteiger partial charge in [0.25, 0.3) is 5.91 Å². The summed E-state index contributed by atoms with van der Waals surface area (Å²) in [5.74, 6) is 0.360. The van der Waals surface area contributed by atoms with Crippen LogP contribution in [-0.2, 0) is 6.61 Å². The standard InChI is InChI=1S/C21H18F2N2O4/c1-27-18-8-7-16(11-19(18)28-13-14-4-3-9-24-12-14)25-20(26)15-5-2-6-17(10-15)29-21(22)23/h2-12,21H,13H2,1H3,(H,25,26). The van der Waals surface area contributed by atoms with Crippen molar-refractivity contribution in [1.82, 2.24) is 4.98 Å². The summed E-state index contributed by atoms with van der Waals surface area (Å²) in [6, 6.07) is 14.1. The number of rotatable bonds is 8. The summed E-state index contributed by atoms with van der Waals surface area (Å²) in [5.41, 5.74) is 1.51. The second-order valence-corrected chi connectivity index (χ2v) is 5.88. The van der Waals surface area contributed by atoms with Gasteiger partial charge in [0.1, 0.15) is 12.4 Å². The van der Waals surface area contributed by atoms with Gasteiger partial charge in [-0.15, -0.1) is 0 Å². The second-order valence-electron chi connectivity index (χ2n) is 5.88. The number of benzene rings is 2. The molecule has 0 aliphatic carbocycles. The highest BCUT2D eigenvalue weighted by molar-refractivity contribution is 6.04. The van der Waals surface area contributed by atoms with Gasteiger partial charge < -0.3 is 19.5 Å². The number of halogens is 2. The number of nitrogens with one attached hydrogen (secondary N) is 1. The highest BCUT2D eigenvalue weighted by atomic mass is 19.3. The molecule has 0 atom stereocenters. The number of nitrogens with zero attached hydrogens (tertiary/aromatic N) is 1. The predicted octanol–water partition coefficient (Wildman–Crippen LogP) is 4.52. The van der Waals surface area contributed by atoms with Crippen molar-refractivity contribution in [3.05, 3.63) is 78.1 Å². The summed E-state index contributed by atoms with van der Waals surface area (Å²) in [4.78, 5) is 16.5. The molecular formula is C21H18F2N2O4. The molecule has 150 valence electrons. The fraction of sp³-hybridized carbons (Fsp3) is 0.143. The molecule has 1 N–H and O–H groups in total. The molecule has 2 aromatic carbocycles. The maximum absolute atomic E-state index is 12.5. The minimum atomic E-state index is -2.96. The molecule has 0 aliphatic heterocycles. The van der Waals surface area contributed by atoms with Gasteiger partial charge in [0.2, 0.25) is 0 Å². The molecule has 3 rings (SSSR count). The molecule has 0 radical (unpaired) electrons. The van der Waals surface area contributed by atoms with Gasteiger partial charge in [-0.2, -0.15) is 8.78 Å². The first kappa shape index (κ1) is 20.1. The number of carbonyl (C=O) groups is 1. The van der Waals surface area contributed by atoms with Crippen LogP contribution in [0.3, 0.4) is 0 Å². The zero-order chi connectivity index (χ0) is 20.6. The van der Waals surface area contributed by atoms with Crippen LogP contribution in [0.25, 0.3) is 0 Å². The quantitative estimate of drug-likeness (QED) is 0.602. The van der Waals surface area contributed by atoms with Crippen molar-refractivity contribution in [1.29, 1.82) is 0 Å². The number of alkyl halides is 2. The molecule has 0 fully saturated rings. The van der Waals surface area contributed by atoms with E-state index in [0.29, 0.717) is 17.2 Å². The normalized spacial score (nSPS) is 10.5. The average molecular weight is 400 g/mol. The molecule has 0 saturated heterocycles. The van der Waals surface area contributed by atoms with Gasteiger partial charge in [-0.25, -0.2) is 0 Å². The van der Waals surface area contributed by atoms with Gasteiger partial charge in [0, 0.05) is 35.3 Å². The molecule has 0 saturated carbocycles. The van der Waals surface area contributed by atoms with Crippen molar-refractivity contribution < 1.29 is 27.8 Å². The van der Waals surface area contributed by atoms with Gasteiger partial charge in [-0.1, -0.05) is 12.1 Å². The van der Waals surface area contributed by atoms with Crippen LogP contribution in [0.5, 0.6) is 17.2 Å². The second kappa shape index (κ2) is 9.50. The Labute approximate surface area is 166 Å². The van der Waals surface area contributed by atoms with E-state index in [1.54, 1.807) is 36.7 Å². The van der Waals surface area contributed by atoms with Crippen LogP contribution in [0.2, 0.25) is 0 Å². The van der Waals surface area contributed by atoms with E-state index in [1.165, 1.54) is 31.4 Å². The van der Waals surface area contributed by atoms with Crippen LogP contribution in [0.15, 0.2) is 67.0 Å². The van der Waals surface area contributed by atoms with Crippen molar-refractivity contribution in [3.8, 4) is 17.2 Å². The lowest BCUT2D eigenvalue weighted by Crippen LogP contribution is -2.12. The van der Waals surface area contributed by atoms with E-state index in [4.69, 9.17) is 9.47 Å². The lowest BCUT2D eigenvalue weighted by atomic mass is 10.2. The number of aromatic nitrogens is 1. The fourth-order valence-corrected chi connectivity index (χ4v) is 2.53. The van der Waals surface area contributed by atoms with Crippen LogP contribution >= 0.6 is 0 Å². The Bertz CT molecular complexity index is 968. The van der Waals surface area contributed by atoms with Crippen LogP contribution in [0.1, 0.15) is 15.9 Å². The number of methoxy groups -OCH3 is 1. The predicted molar refractivity (Wildman–Crippen MR) is 103 cm³/mol. The van der Waals surface area contributed by atoms with Crippen LogP contribution in [-0.4, -0.2) is 24.6 Å². The van der Waals surface area contributed by atoms with E-state index in [1.807, 2.05) is 6.07 Å². The molecule has 3 aromatic rings. The van der Waals surface area contributed by atoms with Crippen LogP contribution in [0, 0.1) is 0 Å². The fourth-order valence-electron chi connectivity index (χ4n) is 2.53. The topological polar surface area (TPSA) is 69.7 Å². The lowest BCUT2D eigenvalue weighted by Gasteiger charge is -2.13. The number of amides is 1. The molecule has 0 aliphatic rings.